The number of hydrogen-bond acceptors (Lipinski definition) is 3. The fraction of sp³-hybridized carbons (Fsp3) is 0.818. The molecule has 1 amide bonds. The highest BCUT2D eigenvalue weighted by molar-refractivity contribution is 5.87. The third-order valence-corrected chi connectivity index (χ3v) is 3.22. The molecule has 0 aromatic heterocycles. The highest BCUT2D eigenvalue weighted by Crippen LogP contribution is 2.29. The molecule has 4 N–H and O–H groups in total. The van der Waals surface area contributed by atoms with Crippen LogP contribution in [0, 0.1) is 0 Å². The van der Waals surface area contributed by atoms with E-state index in [1.54, 1.807) is 0 Å². The van der Waals surface area contributed by atoms with E-state index in [2.05, 4.69) is 5.32 Å². The van der Waals surface area contributed by atoms with Crippen molar-refractivity contribution < 1.29 is 14.7 Å². The lowest BCUT2D eigenvalue weighted by atomic mass is 9.97. The van der Waals surface area contributed by atoms with Crippen LogP contribution in [0.4, 0.5) is 0 Å². The zero-order valence-electron chi connectivity index (χ0n) is 9.66. The van der Waals surface area contributed by atoms with Gasteiger partial charge >= 0.3 is 5.97 Å². The van der Waals surface area contributed by atoms with Crippen LogP contribution in [0.3, 0.4) is 0 Å². The summed E-state index contributed by atoms with van der Waals surface area (Å²) in [7, 11) is 0. The molecule has 0 bridgehead atoms. The fourth-order valence-electron chi connectivity index (χ4n) is 2.07. The van der Waals surface area contributed by atoms with E-state index in [9.17, 15) is 9.59 Å². The van der Waals surface area contributed by atoms with Gasteiger partial charge in [0.25, 0.3) is 0 Å². The first-order valence-corrected chi connectivity index (χ1v) is 5.80. The first kappa shape index (κ1) is 13.0. The molecule has 1 rings (SSSR count). The number of carboxylic acids is 1. The quantitative estimate of drug-likeness (QED) is 0.643. The van der Waals surface area contributed by atoms with E-state index in [1.165, 1.54) is 0 Å². The molecule has 92 valence electrons. The van der Waals surface area contributed by atoms with E-state index < -0.39 is 11.5 Å². The number of carbonyl (C=O) groups excluding carboxylic acids is 1. The molecule has 1 saturated carbocycles. The van der Waals surface area contributed by atoms with E-state index in [4.69, 9.17) is 10.8 Å². The first-order valence-electron chi connectivity index (χ1n) is 5.80. The summed E-state index contributed by atoms with van der Waals surface area (Å²) in [6.07, 6.45) is 3.67. The van der Waals surface area contributed by atoms with Gasteiger partial charge < -0.3 is 16.2 Å². The largest absolute Gasteiger partial charge is 0.480 e. The van der Waals surface area contributed by atoms with Gasteiger partial charge in [0, 0.05) is 12.5 Å². The number of amides is 1. The summed E-state index contributed by atoms with van der Waals surface area (Å²) in [5.41, 5.74) is 4.62. The van der Waals surface area contributed by atoms with Crippen LogP contribution >= 0.6 is 0 Å². The molecule has 5 heteroatoms. The molecule has 0 spiro atoms. The molecule has 0 heterocycles. The average Bonchev–Trinajstić information content (AvgIpc) is 2.67. The molecule has 1 aliphatic rings. The molecule has 0 aromatic rings. The summed E-state index contributed by atoms with van der Waals surface area (Å²) in [5, 5.41) is 11.8. The van der Waals surface area contributed by atoms with Crippen molar-refractivity contribution in [3.05, 3.63) is 0 Å². The van der Waals surface area contributed by atoms with E-state index in [0.29, 0.717) is 19.3 Å². The van der Waals surface area contributed by atoms with E-state index in [1.807, 2.05) is 6.92 Å². The Morgan fingerprint density at radius 2 is 2.00 bits per heavy atom. The van der Waals surface area contributed by atoms with Gasteiger partial charge in [0.15, 0.2) is 0 Å². The monoisotopic (exact) mass is 228 g/mol. The highest BCUT2D eigenvalue weighted by atomic mass is 16.4. The second-order valence-electron chi connectivity index (χ2n) is 4.51. The lowest BCUT2D eigenvalue weighted by molar-refractivity contribution is -0.147. The summed E-state index contributed by atoms with van der Waals surface area (Å²) >= 11 is 0. The minimum atomic E-state index is -1.04. The van der Waals surface area contributed by atoms with Gasteiger partial charge in [-0.3, -0.25) is 4.79 Å². The van der Waals surface area contributed by atoms with Gasteiger partial charge in [-0.2, -0.15) is 0 Å². The minimum absolute atomic E-state index is 0.188. The Kier molecular flexibility index (Phi) is 4.29. The standard InChI is InChI=1S/C11H20N2O3/c1-2-8(12)7-9(14)13-11(10(15)16)5-3-4-6-11/h8H,2-7,12H2,1H3,(H,13,14)(H,15,16). The van der Waals surface area contributed by atoms with Gasteiger partial charge in [-0.1, -0.05) is 19.8 Å². The molecular weight excluding hydrogens is 208 g/mol. The maximum absolute atomic E-state index is 11.6. The molecule has 0 saturated heterocycles. The molecule has 1 aliphatic carbocycles. The van der Waals surface area contributed by atoms with Gasteiger partial charge in [0.1, 0.15) is 5.54 Å². The van der Waals surface area contributed by atoms with Crippen molar-refractivity contribution in [3.8, 4) is 0 Å². The van der Waals surface area contributed by atoms with Gasteiger partial charge in [0.05, 0.1) is 0 Å². The number of aliphatic carboxylic acids is 1. The molecule has 0 aliphatic heterocycles. The molecule has 0 aromatic carbocycles. The predicted octanol–water partition coefficient (Wildman–Crippen LogP) is 0.627. The molecule has 16 heavy (non-hydrogen) atoms. The van der Waals surface area contributed by atoms with E-state index in [0.717, 1.165) is 12.8 Å². The third-order valence-electron chi connectivity index (χ3n) is 3.22. The number of carbonyl (C=O) groups is 2. The van der Waals surface area contributed by atoms with E-state index in [-0.39, 0.29) is 18.4 Å². The van der Waals surface area contributed by atoms with Crippen molar-refractivity contribution in [2.45, 2.75) is 57.0 Å². The van der Waals surface area contributed by atoms with Crippen molar-refractivity contribution >= 4 is 11.9 Å². The first-order chi connectivity index (χ1) is 7.50. The van der Waals surface area contributed by atoms with Gasteiger partial charge in [-0.25, -0.2) is 4.79 Å². The lowest BCUT2D eigenvalue weighted by Crippen LogP contribution is -2.53. The molecule has 5 nitrogen and oxygen atoms in total. The fourth-order valence-corrected chi connectivity index (χ4v) is 2.07. The number of nitrogens with two attached hydrogens (primary N) is 1. The van der Waals surface area contributed by atoms with Gasteiger partial charge in [-0.05, 0) is 19.3 Å². The molecule has 0 radical (unpaired) electrons. The number of hydrogen-bond donors (Lipinski definition) is 3. The summed E-state index contributed by atoms with van der Waals surface area (Å²) in [4.78, 5) is 22.8. The second-order valence-corrected chi connectivity index (χ2v) is 4.51. The zero-order valence-corrected chi connectivity index (χ0v) is 9.66. The summed E-state index contributed by atoms with van der Waals surface area (Å²) in [5.74, 6) is -1.18. The normalized spacial score (nSPS) is 20.4. The summed E-state index contributed by atoms with van der Waals surface area (Å²) in [6, 6.07) is -0.188. The molecular formula is C11H20N2O3. The topological polar surface area (TPSA) is 92.4 Å². The Bertz CT molecular complexity index is 272. The zero-order chi connectivity index (χ0) is 12.2. The highest BCUT2D eigenvalue weighted by Gasteiger charge is 2.42. The van der Waals surface area contributed by atoms with E-state index >= 15 is 0 Å². The smallest absolute Gasteiger partial charge is 0.329 e. The van der Waals surface area contributed by atoms with Gasteiger partial charge in [0.2, 0.25) is 5.91 Å². The van der Waals surface area contributed by atoms with Crippen LogP contribution in [0.25, 0.3) is 0 Å². The SMILES string of the molecule is CCC(N)CC(=O)NC1(C(=O)O)CCCC1. The maximum Gasteiger partial charge on any atom is 0.329 e. The Morgan fingerprint density at radius 1 is 1.44 bits per heavy atom. The maximum atomic E-state index is 11.6. The Balaban J connectivity index is 2.56. The number of carboxylic acid groups (broad SMARTS) is 1. The van der Waals surface area contributed by atoms with Crippen molar-refractivity contribution in [1.82, 2.24) is 5.32 Å². The second kappa shape index (κ2) is 5.30. The number of nitrogens with one attached hydrogen (secondary N) is 1. The lowest BCUT2D eigenvalue weighted by Gasteiger charge is -2.25. The van der Waals surface area contributed by atoms with Crippen molar-refractivity contribution in [3.63, 3.8) is 0 Å². The molecule has 1 atom stereocenters. The van der Waals surface area contributed by atoms with Gasteiger partial charge in [-0.15, -0.1) is 0 Å². The van der Waals surface area contributed by atoms with Crippen LogP contribution in [-0.4, -0.2) is 28.6 Å². The minimum Gasteiger partial charge on any atom is -0.480 e. The predicted molar refractivity (Wildman–Crippen MR) is 59.9 cm³/mol. The van der Waals surface area contributed by atoms with Crippen LogP contribution in [-0.2, 0) is 9.59 Å². The van der Waals surface area contributed by atoms with Crippen LogP contribution < -0.4 is 11.1 Å². The average molecular weight is 228 g/mol. The van der Waals surface area contributed by atoms with Crippen LogP contribution in [0.15, 0.2) is 0 Å². The van der Waals surface area contributed by atoms with Crippen LogP contribution in [0.5, 0.6) is 0 Å². The molecule has 1 unspecified atom stereocenters. The van der Waals surface area contributed by atoms with Crippen LogP contribution in [0.1, 0.15) is 45.4 Å². The summed E-state index contributed by atoms with van der Waals surface area (Å²) < 4.78 is 0. The Hall–Kier alpha value is -1.10. The van der Waals surface area contributed by atoms with Crippen molar-refractivity contribution in [1.29, 1.82) is 0 Å². The van der Waals surface area contributed by atoms with Crippen molar-refractivity contribution in [2.75, 3.05) is 0 Å². The Morgan fingerprint density at radius 3 is 2.44 bits per heavy atom. The summed E-state index contributed by atoms with van der Waals surface area (Å²) in [6.45, 7) is 1.90. The third kappa shape index (κ3) is 2.95. The number of rotatable bonds is 5. The Labute approximate surface area is 95.4 Å². The molecule has 1 fully saturated rings. The van der Waals surface area contributed by atoms with Crippen LogP contribution in [0.2, 0.25) is 0 Å². The van der Waals surface area contributed by atoms with Crippen molar-refractivity contribution in [2.24, 2.45) is 5.73 Å².